The van der Waals surface area contributed by atoms with E-state index >= 15 is 0 Å². The van der Waals surface area contributed by atoms with E-state index in [0.717, 1.165) is 11.1 Å². The molecule has 0 atom stereocenters. The summed E-state index contributed by atoms with van der Waals surface area (Å²) in [5, 5.41) is 0. The third-order valence-electron chi connectivity index (χ3n) is 3.35. The van der Waals surface area contributed by atoms with Crippen LogP contribution in [-0.2, 0) is 19.1 Å². The molecule has 0 fully saturated rings. The van der Waals surface area contributed by atoms with Crippen LogP contribution < -0.4 is 9.47 Å². The normalized spacial score (nSPS) is 9.88. The zero-order chi connectivity index (χ0) is 18.9. The molecule has 0 saturated carbocycles. The number of esters is 2. The lowest BCUT2D eigenvalue weighted by Crippen LogP contribution is -2.14. The Labute approximate surface area is 151 Å². The van der Waals surface area contributed by atoms with Crippen molar-refractivity contribution >= 4 is 18.4 Å². The Morgan fingerprint density at radius 2 is 1.50 bits per heavy atom. The summed E-state index contributed by atoms with van der Waals surface area (Å²) in [6.07, 6.45) is -0.0427. The number of hydrogen-bond donors (Lipinski definition) is 0. The van der Waals surface area contributed by atoms with Gasteiger partial charge in [-0.1, -0.05) is 30.8 Å². The molecule has 0 radical (unpaired) electrons. The summed E-state index contributed by atoms with van der Waals surface area (Å²) >= 11 is 0. The molecule has 0 aliphatic rings. The highest BCUT2D eigenvalue weighted by molar-refractivity contribution is 5.87. The molecule has 0 heterocycles. The summed E-state index contributed by atoms with van der Waals surface area (Å²) in [6, 6.07) is 13.9. The van der Waals surface area contributed by atoms with Crippen LogP contribution in [-0.4, -0.2) is 25.0 Å². The van der Waals surface area contributed by atoms with Crippen LogP contribution in [0.1, 0.15) is 13.3 Å². The fourth-order valence-electron chi connectivity index (χ4n) is 2.03. The zero-order valence-corrected chi connectivity index (χ0v) is 14.3. The second-order valence-corrected chi connectivity index (χ2v) is 5.40. The van der Waals surface area contributed by atoms with Gasteiger partial charge in [-0.15, -0.1) is 0 Å². The zero-order valence-electron chi connectivity index (χ0n) is 14.3. The molecule has 0 saturated heterocycles. The largest absolute Gasteiger partial charge is 0.462 e. The second-order valence-electron chi connectivity index (χ2n) is 5.40. The summed E-state index contributed by atoms with van der Waals surface area (Å²) in [7, 11) is 0. The minimum absolute atomic E-state index is 0.0427. The number of carbonyl (C=O) groups excluding carboxylic acids is 3. The molecule has 0 amide bonds. The third-order valence-corrected chi connectivity index (χ3v) is 3.35. The van der Waals surface area contributed by atoms with Crippen LogP contribution in [0.25, 0.3) is 11.1 Å². The lowest BCUT2D eigenvalue weighted by molar-refractivity contribution is -0.142. The van der Waals surface area contributed by atoms with Crippen LogP contribution >= 0.6 is 0 Å². The Hall–Kier alpha value is -3.41. The molecule has 0 bridgehead atoms. The van der Waals surface area contributed by atoms with Crippen molar-refractivity contribution in [2.45, 2.75) is 13.3 Å². The molecule has 0 aromatic heterocycles. The van der Waals surface area contributed by atoms with E-state index in [1.54, 1.807) is 36.4 Å². The number of ether oxygens (including phenoxy) is 3. The Balaban J connectivity index is 1.88. The fourth-order valence-corrected chi connectivity index (χ4v) is 2.03. The summed E-state index contributed by atoms with van der Waals surface area (Å²) < 4.78 is 14.8. The van der Waals surface area contributed by atoms with Gasteiger partial charge < -0.3 is 14.2 Å². The molecule has 0 aliphatic carbocycles. The molecular weight excluding hydrogens is 336 g/mol. The lowest BCUT2D eigenvalue weighted by atomic mass is 10.1. The summed E-state index contributed by atoms with van der Waals surface area (Å²) in [4.78, 5) is 33.2. The van der Waals surface area contributed by atoms with Crippen molar-refractivity contribution in [1.29, 1.82) is 0 Å². The molecule has 26 heavy (non-hydrogen) atoms. The molecule has 0 unspecified atom stereocenters. The maximum Gasteiger partial charge on any atom is 0.333 e. The van der Waals surface area contributed by atoms with Crippen LogP contribution in [0, 0.1) is 0 Å². The van der Waals surface area contributed by atoms with Gasteiger partial charge in [-0.05, 0) is 42.3 Å². The first kappa shape index (κ1) is 18.9. The van der Waals surface area contributed by atoms with Gasteiger partial charge in [0.15, 0.2) is 0 Å². The Kier molecular flexibility index (Phi) is 6.68. The molecule has 6 heteroatoms. The number of carbonyl (C=O) groups is 3. The monoisotopic (exact) mass is 354 g/mol. The van der Waals surface area contributed by atoms with E-state index in [1.807, 2.05) is 12.1 Å². The van der Waals surface area contributed by atoms with Gasteiger partial charge in [-0.3, -0.25) is 9.59 Å². The highest BCUT2D eigenvalue weighted by Gasteiger charge is 2.08. The van der Waals surface area contributed by atoms with Gasteiger partial charge in [-0.25, -0.2) is 4.79 Å². The first-order valence-electron chi connectivity index (χ1n) is 7.83. The van der Waals surface area contributed by atoms with E-state index in [4.69, 9.17) is 14.2 Å². The van der Waals surface area contributed by atoms with E-state index in [0.29, 0.717) is 18.0 Å². The molecule has 2 aromatic carbocycles. The van der Waals surface area contributed by atoms with Crippen LogP contribution in [0.5, 0.6) is 11.5 Å². The SMILES string of the molecule is C=C(C)C(=O)OCCC(=O)Oc1ccc(-c2ccc(OC=O)cc2)cc1. The average Bonchev–Trinajstić information content (AvgIpc) is 2.63. The molecule has 0 aliphatic heterocycles. The van der Waals surface area contributed by atoms with Gasteiger partial charge in [0.2, 0.25) is 0 Å². The average molecular weight is 354 g/mol. The molecule has 2 rings (SSSR count). The minimum Gasteiger partial charge on any atom is -0.462 e. The molecule has 0 spiro atoms. The van der Waals surface area contributed by atoms with E-state index < -0.39 is 11.9 Å². The van der Waals surface area contributed by atoms with Gasteiger partial charge in [-0.2, -0.15) is 0 Å². The number of rotatable bonds is 8. The molecule has 2 aromatic rings. The van der Waals surface area contributed by atoms with Crippen LogP contribution in [0.4, 0.5) is 0 Å². The van der Waals surface area contributed by atoms with Crippen molar-refractivity contribution in [3.63, 3.8) is 0 Å². The molecular formula is C20H18O6. The first-order chi connectivity index (χ1) is 12.5. The van der Waals surface area contributed by atoms with Crippen molar-refractivity contribution < 1.29 is 28.6 Å². The Bertz CT molecular complexity index is 790. The van der Waals surface area contributed by atoms with Crippen molar-refractivity contribution in [3.05, 3.63) is 60.7 Å². The van der Waals surface area contributed by atoms with E-state index in [9.17, 15) is 14.4 Å². The smallest absolute Gasteiger partial charge is 0.333 e. The fraction of sp³-hybridized carbons (Fsp3) is 0.150. The van der Waals surface area contributed by atoms with Crippen LogP contribution in [0.2, 0.25) is 0 Å². The molecule has 6 nitrogen and oxygen atoms in total. The second kappa shape index (κ2) is 9.17. The maximum atomic E-state index is 11.7. The van der Waals surface area contributed by atoms with Crippen molar-refractivity contribution in [3.8, 4) is 22.6 Å². The minimum atomic E-state index is -0.535. The van der Waals surface area contributed by atoms with Gasteiger partial charge in [0.25, 0.3) is 6.47 Å². The van der Waals surface area contributed by atoms with Crippen molar-refractivity contribution in [1.82, 2.24) is 0 Å². The Morgan fingerprint density at radius 3 is 2.00 bits per heavy atom. The van der Waals surface area contributed by atoms with Gasteiger partial charge in [0, 0.05) is 5.57 Å². The first-order valence-corrected chi connectivity index (χ1v) is 7.83. The summed E-state index contributed by atoms with van der Waals surface area (Å²) in [5.74, 6) is -0.179. The summed E-state index contributed by atoms with van der Waals surface area (Å²) in [5.41, 5.74) is 2.12. The molecule has 0 N–H and O–H groups in total. The third kappa shape index (κ3) is 5.59. The van der Waals surface area contributed by atoms with Crippen LogP contribution in [0.15, 0.2) is 60.7 Å². The van der Waals surface area contributed by atoms with E-state index in [2.05, 4.69) is 6.58 Å². The van der Waals surface area contributed by atoms with Gasteiger partial charge in [0.1, 0.15) is 18.1 Å². The maximum absolute atomic E-state index is 11.7. The number of benzene rings is 2. The topological polar surface area (TPSA) is 78.9 Å². The highest BCUT2D eigenvalue weighted by Crippen LogP contribution is 2.24. The van der Waals surface area contributed by atoms with Gasteiger partial charge >= 0.3 is 11.9 Å². The lowest BCUT2D eigenvalue weighted by Gasteiger charge is -2.07. The standard InChI is InChI=1S/C20H18O6/c1-14(2)20(23)24-12-11-19(22)26-18-9-5-16(6-10-18)15-3-7-17(8-4-15)25-13-21/h3-10,13H,1,11-12H2,2H3. The molecule has 134 valence electrons. The predicted octanol–water partition coefficient (Wildman–Crippen LogP) is 3.30. The predicted molar refractivity (Wildman–Crippen MR) is 94.6 cm³/mol. The van der Waals surface area contributed by atoms with Crippen LogP contribution in [0.3, 0.4) is 0 Å². The quantitative estimate of drug-likeness (QED) is 0.313. The Morgan fingerprint density at radius 1 is 0.962 bits per heavy atom. The highest BCUT2D eigenvalue weighted by atomic mass is 16.5. The summed E-state index contributed by atoms with van der Waals surface area (Å²) in [6.45, 7) is 5.30. The van der Waals surface area contributed by atoms with E-state index in [-0.39, 0.29) is 18.6 Å². The van der Waals surface area contributed by atoms with Crippen molar-refractivity contribution in [2.24, 2.45) is 0 Å². The van der Waals surface area contributed by atoms with Gasteiger partial charge in [0.05, 0.1) is 6.42 Å². The van der Waals surface area contributed by atoms with E-state index in [1.165, 1.54) is 6.92 Å². The number of hydrogen-bond acceptors (Lipinski definition) is 6. The van der Waals surface area contributed by atoms with Crippen molar-refractivity contribution in [2.75, 3.05) is 6.61 Å².